The fourth-order valence-corrected chi connectivity index (χ4v) is 5.00. The van der Waals surface area contributed by atoms with Gasteiger partial charge in [-0.15, -0.1) is 4.28 Å². The maximum Gasteiger partial charge on any atom is 0.418 e. The highest BCUT2D eigenvalue weighted by Gasteiger charge is 2.49. The predicted octanol–water partition coefficient (Wildman–Crippen LogP) is -1.47. The summed E-state index contributed by atoms with van der Waals surface area (Å²) in [6.45, 7) is 0.753. The molecule has 0 aromatic heterocycles. The predicted molar refractivity (Wildman–Crippen MR) is 91.0 cm³/mol. The van der Waals surface area contributed by atoms with E-state index in [1.807, 2.05) is 0 Å². The van der Waals surface area contributed by atoms with E-state index in [1.54, 1.807) is 0 Å². The molecule has 2 N–H and O–H groups in total. The fraction of sp³-hybridized carbons (Fsp3) is 0.846. The average molecular weight is 426 g/mol. The Bertz CT molecular complexity index is 821. The lowest BCUT2D eigenvalue weighted by Crippen LogP contribution is -2.54. The Balaban J connectivity index is 1.58. The Morgan fingerprint density at radius 2 is 1.78 bits per heavy atom. The maximum atomic E-state index is 12.6. The Labute approximate surface area is 157 Å². The van der Waals surface area contributed by atoms with E-state index in [1.165, 1.54) is 9.21 Å². The summed E-state index contributed by atoms with van der Waals surface area (Å²) >= 11 is 0. The quantitative estimate of drug-likeness (QED) is 0.505. The van der Waals surface area contributed by atoms with Gasteiger partial charge in [-0.2, -0.15) is 13.5 Å². The zero-order chi connectivity index (χ0) is 20.0. The summed E-state index contributed by atoms with van der Waals surface area (Å²) in [5, 5.41) is 3.44. The van der Waals surface area contributed by atoms with Crippen LogP contribution in [0.15, 0.2) is 0 Å². The minimum atomic E-state index is -4.83. The van der Waals surface area contributed by atoms with E-state index in [-0.39, 0.29) is 18.5 Å². The lowest BCUT2D eigenvalue weighted by molar-refractivity contribution is -0.127. The summed E-state index contributed by atoms with van der Waals surface area (Å²) < 4.78 is 59.3. The van der Waals surface area contributed by atoms with Crippen LogP contribution in [0, 0.1) is 0 Å². The van der Waals surface area contributed by atoms with Gasteiger partial charge in [0.2, 0.25) is 15.9 Å². The third-order valence-corrected chi connectivity index (χ3v) is 6.72. The van der Waals surface area contributed by atoms with Gasteiger partial charge < -0.3 is 10.2 Å². The van der Waals surface area contributed by atoms with Crippen molar-refractivity contribution >= 4 is 32.4 Å². The van der Waals surface area contributed by atoms with Crippen LogP contribution in [0.3, 0.4) is 0 Å². The zero-order valence-corrected chi connectivity index (χ0v) is 16.3. The third kappa shape index (κ3) is 4.51. The first-order chi connectivity index (χ1) is 12.5. The van der Waals surface area contributed by atoms with Gasteiger partial charge >= 0.3 is 16.4 Å². The molecule has 154 valence electrons. The smallest absolute Gasteiger partial charge is 0.351 e. The number of fused-ring (bicyclic) bond motifs is 2. The molecule has 3 saturated heterocycles. The molecule has 3 rings (SSSR count). The molecule has 0 saturated carbocycles. The SMILES string of the molecule is CS(=O)(=O)N1CCC(NC(=O)C2CCC3CN2C(=O)N3OS(=O)(=O)O)CC1. The van der Waals surface area contributed by atoms with Crippen molar-refractivity contribution in [3.8, 4) is 0 Å². The van der Waals surface area contributed by atoms with Gasteiger partial charge in [0.1, 0.15) is 6.04 Å². The molecule has 0 aromatic carbocycles. The molecule has 3 amide bonds. The van der Waals surface area contributed by atoms with Gasteiger partial charge in [-0.1, -0.05) is 0 Å². The molecule has 27 heavy (non-hydrogen) atoms. The first kappa shape index (κ1) is 20.3. The van der Waals surface area contributed by atoms with E-state index in [4.69, 9.17) is 4.55 Å². The third-order valence-electron chi connectivity index (χ3n) is 5.07. The van der Waals surface area contributed by atoms with Crippen molar-refractivity contribution in [1.29, 1.82) is 0 Å². The summed E-state index contributed by atoms with van der Waals surface area (Å²) in [5.41, 5.74) is 0. The fourth-order valence-electron chi connectivity index (χ4n) is 3.73. The van der Waals surface area contributed by atoms with Crippen molar-refractivity contribution in [1.82, 2.24) is 19.6 Å². The summed E-state index contributed by atoms with van der Waals surface area (Å²) in [6.07, 6.45) is 2.77. The molecular weight excluding hydrogens is 404 g/mol. The molecule has 14 heteroatoms. The van der Waals surface area contributed by atoms with Crippen LogP contribution in [0.1, 0.15) is 25.7 Å². The molecule has 3 heterocycles. The van der Waals surface area contributed by atoms with E-state index in [0.717, 1.165) is 6.26 Å². The van der Waals surface area contributed by atoms with Gasteiger partial charge in [-0.25, -0.2) is 17.5 Å². The molecule has 3 aliphatic heterocycles. The van der Waals surface area contributed by atoms with Gasteiger partial charge in [0.05, 0.1) is 12.3 Å². The van der Waals surface area contributed by atoms with E-state index in [9.17, 15) is 26.4 Å². The van der Waals surface area contributed by atoms with E-state index >= 15 is 0 Å². The number of piperidine rings is 2. The normalized spacial score (nSPS) is 27.9. The second kappa shape index (κ2) is 7.16. The molecule has 3 fully saturated rings. The van der Waals surface area contributed by atoms with E-state index in [2.05, 4.69) is 9.60 Å². The molecule has 2 bridgehead atoms. The molecule has 3 aliphatic rings. The summed E-state index contributed by atoms with van der Waals surface area (Å²) in [6, 6.07) is -2.31. The molecular formula is C13H22N4O8S2. The minimum absolute atomic E-state index is 0.124. The number of nitrogens with zero attached hydrogens (tertiary/aromatic N) is 3. The highest BCUT2D eigenvalue weighted by molar-refractivity contribution is 7.88. The van der Waals surface area contributed by atoms with Gasteiger partial charge in [0, 0.05) is 25.7 Å². The number of carbonyl (C=O) groups is 2. The van der Waals surface area contributed by atoms with Crippen LogP contribution in [0.25, 0.3) is 0 Å². The van der Waals surface area contributed by atoms with Gasteiger partial charge in [-0.05, 0) is 25.7 Å². The molecule has 2 atom stereocenters. The Hall–Kier alpha value is -1.48. The first-order valence-electron chi connectivity index (χ1n) is 8.48. The molecule has 0 aliphatic carbocycles. The molecule has 0 aromatic rings. The lowest BCUT2D eigenvalue weighted by atomic mass is 9.99. The largest absolute Gasteiger partial charge is 0.418 e. The summed E-state index contributed by atoms with van der Waals surface area (Å²) in [7, 11) is -8.09. The van der Waals surface area contributed by atoms with Gasteiger partial charge in [-0.3, -0.25) is 9.35 Å². The zero-order valence-electron chi connectivity index (χ0n) is 14.6. The number of hydrogen-bond donors (Lipinski definition) is 2. The highest BCUT2D eigenvalue weighted by Crippen LogP contribution is 2.31. The Morgan fingerprint density at radius 3 is 2.33 bits per heavy atom. The van der Waals surface area contributed by atoms with Crippen LogP contribution in [0.2, 0.25) is 0 Å². The number of rotatable bonds is 5. The number of amides is 3. The second-order valence-corrected chi connectivity index (χ2v) is 9.94. The van der Waals surface area contributed by atoms with Crippen LogP contribution < -0.4 is 5.32 Å². The van der Waals surface area contributed by atoms with Crippen molar-refractivity contribution in [2.45, 2.75) is 43.8 Å². The number of carbonyl (C=O) groups excluding carboxylic acids is 2. The first-order valence-corrected chi connectivity index (χ1v) is 11.7. The average Bonchev–Trinajstić information content (AvgIpc) is 2.78. The van der Waals surface area contributed by atoms with Crippen molar-refractivity contribution in [2.75, 3.05) is 25.9 Å². The van der Waals surface area contributed by atoms with Crippen molar-refractivity contribution < 1.29 is 35.3 Å². The molecule has 0 radical (unpaired) electrons. The monoisotopic (exact) mass is 426 g/mol. The minimum Gasteiger partial charge on any atom is -0.351 e. The number of nitrogens with one attached hydrogen (secondary N) is 1. The summed E-state index contributed by atoms with van der Waals surface area (Å²) in [4.78, 5) is 26.2. The summed E-state index contributed by atoms with van der Waals surface area (Å²) in [5.74, 6) is -0.367. The van der Waals surface area contributed by atoms with Crippen molar-refractivity contribution in [3.63, 3.8) is 0 Å². The Morgan fingerprint density at radius 1 is 1.15 bits per heavy atom. The van der Waals surface area contributed by atoms with Gasteiger partial charge in [0.15, 0.2) is 0 Å². The number of sulfonamides is 1. The van der Waals surface area contributed by atoms with Crippen LogP contribution in [-0.4, -0.2) is 91.6 Å². The van der Waals surface area contributed by atoms with E-state index in [0.29, 0.717) is 43.8 Å². The standard InChI is InChI=1S/C13H22N4O8S2/c1-26(20,21)15-6-4-9(5-7-15)14-12(18)11-3-2-10-8-16(11)13(19)17(10)25-27(22,23)24/h9-11H,2-8H2,1H3,(H,14,18)(H,22,23,24). The molecule has 2 unspecified atom stereocenters. The van der Waals surface area contributed by atoms with Crippen LogP contribution in [0.5, 0.6) is 0 Å². The molecule has 0 spiro atoms. The van der Waals surface area contributed by atoms with Crippen molar-refractivity contribution in [2.24, 2.45) is 0 Å². The number of urea groups is 1. The second-order valence-electron chi connectivity index (χ2n) is 6.95. The topological polar surface area (TPSA) is 154 Å². The van der Waals surface area contributed by atoms with Crippen LogP contribution >= 0.6 is 0 Å². The van der Waals surface area contributed by atoms with Crippen LogP contribution in [-0.2, 0) is 29.5 Å². The van der Waals surface area contributed by atoms with Gasteiger partial charge in [0.25, 0.3) is 0 Å². The number of hydrogen-bond acceptors (Lipinski definition) is 7. The molecule has 12 nitrogen and oxygen atoms in total. The number of hydroxylamine groups is 2. The van der Waals surface area contributed by atoms with Crippen molar-refractivity contribution in [3.05, 3.63) is 0 Å². The maximum absolute atomic E-state index is 12.6. The highest BCUT2D eigenvalue weighted by atomic mass is 32.3. The van der Waals surface area contributed by atoms with E-state index < -0.39 is 38.5 Å². The lowest BCUT2D eigenvalue weighted by Gasteiger charge is -2.34. The Kier molecular flexibility index (Phi) is 5.37. The van der Waals surface area contributed by atoms with Crippen LogP contribution in [0.4, 0.5) is 4.79 Å².